The molecule has 21 heavy (non-hydrogen) atoms. The van der Waals surface area contributed by atoms with E-state index in [0.717, 1.165) is 22.2 Å². The number of ether oxygens (including phenoxy) is 1. The third-order valence-electron chi connectivity index (χ3n) is 3.33. The molecule has 0 fully saturated rings. The first-order valence-electron chi connectivity index (χ1n) is 6.72. The fraction of sp³-hybridized carbons (Fsp3) is 0.118. The molecular formula is C17H15FN2O. The van der Waals surface area contributed by atoms with Crippen LogP contribution in [0.2, 0.25) is 0 Å². The van der Waals surface area contributed by atoms with Crippen molar-refractivity contribution in [3.63, 3.8) is 0 Å². The predicted molar refractivity (Wildman–Crippen MR) is 80.4 cm³/mol. The van der Waals surface area contributed by atoms with Crippen LogP contribution in [0.5, 0.6) is 5.75 Å². The molecule has 0 unspecified atom stereocenters. The van der Waals surface area contributed by atoms with Crippen molar-refractivity contribution >= 4 is 10.9 Å². The molecule has 1 aromatic heterocycles. The number of rotatable bonds is 4. The fourth-order valence-corrected chi connectivity index (χ4v) is 2.24. The maximum absolute atomic E-state index is 13.4. The Morgan fingerprint density at radius 2 is 2.00 bits per heavy atom. The van der Waals surface area contributed by atoms with E-state index in [4.69, 9.17) is 10.5 Å². The number of pyridine rings is 1. The van der Waals surface area contributed by atoms with Crippen LogP contribution in [0.25, 0.3) is 10.9 Å². The van der Waals surface area contributed by atoms with E-state index >= 15 is 0 Å². The monoisotopic (exact) mass is 282 g/mol. The molecule has 0 aliphatic heterocycles. The zero-order valence-corrected chi connectivity index (χ0v) is 11.4. The van der Waals surface area contributed by atoms with Crippen molar-refractivity contribution in [2.24, 2.45) is 5.73 Å². The number of benzene rings is 2. The minimum Gasteiger partial charge on any atom is -0.488 e. The molecule has 106 valence electrons. The van der Waals surface area contributed by atoms with Crippen LogP contribution in [0.4, 0.5) is 4.39 Å². The second-order valence-corrected chi connectivity index (χ2v) is 4.74. The van der Waals surface area contributed by atoms with Crippen LogP contribution in [-0.2, 0) is 13.2 Å². The molecule has 0 atom stereocenters. The molecule has 0 bridgehead atoms. The van der Waals surface area contributed by atoms with E-state index in [2.05, 4.69) is 4.98 Å². The van der Waals surface area contributed by atoms with E-state index < -0.39 is 0 Å². The van der Waals surface area contributed by atoms with Gasteiger partial charge in [0, 0.05) is 23.7 Å². The van der Waals surface area contributed by atoms with E-state index in [0.29, 0.717) is 12.2 Å². The minimum absolute atomic E-state index is 0.178. The molecule has 3 aromatic rings. The lowest BCUT2D eigenvalue weighted by atomic mass is 10.1. The average Bonchev–Trinajstić information content (AvgIpc) is 2.54. The van der Waals surface area contributed by atoms with Crippen LogP contribution in [-0.4, -0.2) is 4.98 Å². The summed E-state index contributed by atoms with van der Waals surface area (Å²) < 4.78 is 19.3. The van der Waals surface area contributed by atoms with Crippen LogP contribution < -0.4 is 10.5 Å². The summed E-state index contributed by atoms with van der Waals surface area (Å²) in [6.45, 7) is 0.541. The molecule has 0 saturated heterocycles. The molecular weight excluding hydrogens is 267 g/mol. The third-order valence-corrected chi connectivity index (χ3v) is 3.33. The van der Waals surface area contributed by atoms with Gasteiger partial charge in [-0.15, -0.1) is 0 Å². The van der Waals surface area contributed by atoms with Gasteiger partial charge in [0.2, 0.25) is 0 Å². The molecule has 0 aliphatic rings. The summed E-state index contributed by atoms with van der Waals surface area (Å²) >= 11 is 0. The summed E-state index contributed by atoms with van der Waals surface area (Å²) in [7, 11) is 0. The van der Waals surface area contributed by atoms with Gasteiger partial charge in [0.1, 0.15) is 18.2 Å². The molecule has 2 aromatic carbocycles. The summed E-state index contributed by atoms with van der Waals surface area (Å²) in [6.07, 6.45) is 1.75. The Morgan fingerprint density at radius 1 is 1.10 bits per heavy atom. The van der Waals surface area contributed by atoms with E-state index in [1.165, 1.54) is 6.07 Å². The summed E-state index contributed by atoms with van der Waals surface area (Å²) in [4.78, 5) is 4.29. The number of hydrogen-bond donors (Lipinski definition) is 1. The van der Waals surface area contributed by atoms with Crippen LogP contribution in [0.1, 0.15) is 11.1 Å². The predicted octanol–water partition coefficient (Wildman–Crippen LogP) is 3.41. The minimum atomic E-state index is -0.282. The summed E-state index contributed by atoms with van der Waals surface area (Å²) in [5, 5.41) is 0.959. The average molecular weight is 282 g/mol. The molecule has 1 heterocycles. The SMILES string of the molecule is NCc1cc(COc2cccc3ncccc23)ccc1F. The summed E-state index contributed by atoms with van der Waals surface area (Å²) in [6, 6.07) is 14.4. The zero-order chi connectivity index (χ0) is 14.7. The molecule has 0 amide bonds. The standard InChI is InChI=1S/C17H15FN2O/c18-15-7-6-12(9-13(15)10-19)11-21-17-5-1-4-16-14(17)3-2-8-20-16/h1-9H,10-11,19H2. The summed E-state index contributed by atoms with van der Waals surface area (Å²) in [5.74, 6) is 0.481. The Bertz CT molecular complexity index is 768. The number of nitrogens with two attached hydrogens (primary N) is 1. The quantitative estimate of drug-likeness (QED) is 0.797. The Morgan fingerprint density at radius 3 is 2.86 bits per heavy atom. The highest BCUT2D eigenvalue weighted by molar-refractivity contribution is 5.84. The number of aromatic nitrogens is 1. The van der Waals surface area contributed by atoms with Crippen molar-refractivity contribution < 1.29 is 9.13 Å². The van der Waals surface area contributed by atoms with Crippen LogP contribution in [0.3, 0.4) is 0 Å². The smallest absolute Gasteiger partial charge is 0.129 e. The number of nitrogens with zero attached hydrogens (tertiary/aromatic N) is 1. The van der Waals surface area contributed by atoms with Crippen molar-refractivity contribution in [3.05, 3.63) is 71.7 Å². The van der Waals surface area contributed by atoms with Crippen LogP contribution in [0, 0.1) is 5.82 Å². The molecule has 4 heteroatoms. The van der Waals surface area contributed by atoms with Gasteiger partial charge >= 0.3 is 0 Å². The van der Waals surface area contributed by atoms with Crippen molar-refractivity contribution in [1.82, 2.24) is 4.98 Å². The van der Waals surface area contributed by atoms with Gasteiger partial charge in [0.25, 0.3) is 0 Å². The Hall–Kier alpha value is -2.46. The van der Waals surface area contributed by atoms with Gasteiger partial charge in [0.05, 0.1) is 5.52 Å². The molecule has 0 radical (unpaired) electrons. The lowest BCUT2D eigenvalue weighted by Crippen LogP contribution is -2.03. The highest BCUT2D eigenvalue weighted by Gasteiger charge is 2.05. The van der Waals surface area contributed by atoms with Gasteiger partial charge < -0.3 is 10.5 Å². The molecule has 0 spiro atoms. The van der Waals surface area contributed by atoms with E-state index in [1.54, 1.807) is 18.3 Å². The number of hydrogen-bond acceptors (Lipinski definition) is 3. The third kappa shape index (κ3) is 2.85. The van der Waals surface area contributed by atoms with Crippen LogP contribution in [0.15, 0.2) is 54.7 Å². The first-order chi connectivity index (χ1) is 10.3. The molecule has 0 saturated carbocycles. The molecule has 3 nitrogen and oxygen atoms in total. The molecule has 2 N–H and O–H groups in total. The number of halogens is 1. The zero-order valence-electron chi connectivity index (χ0n) is 11.4. The van der Waals surface area contributed by atoms with Crippen LogP contribution >= 0.6 is 0 Å². The van der Waals surface area contributed by atoms with E-state index in [-0.39, 0.29) is 12.4 Å². The molecule has 3 rings (SSSR count). The van der Waals surface area contributed by atoms with Crippen molar-refractivity contribution in [1.29, 1.82) is 0 Å². The number of fused-ring (bicyclic) bond motifs is 1. The first-order valence-corrected chi connectivity index (χ1v) is 6.72. The second kappa shape index (κ2) is 5.89. The maximum Gasteiger partial charge on any atom is 0.129 e. The normalized spacial score (nSPS) is 10.8. The van der Waals surface area contributed by atoms with Gasteiger partial charge in [-0.25, -0.2) is 4.39 Å². The highest BCUT2D eigenvalue weighted by Crippen LogP contribution is 2.24. The fourth-order valence-electron chi connectivity index (χ4n) is 2.24. The second-order valence-electron chi connectivity index (χ2n) is 4.74. The van der Waals surface area contributed by atoms with Crippen molar-refractivity contribution in [2.45, 2.75) is 13.2 Å². The first kappa shape index (κ1) is 13.5. The van der Waals surface area contributed by atoms with Crippen molar-refractivity contribution in [3.8, 4) is 5.75 Å². The Kier molecular flexibility index (Phi) is 3.79. The van der Waals surface area contributed by atoms with E-state index in [1.807, 2.05) is 30.3 Å². The van der Waals surface area contributed by atoms with Gasteiger partial charge in [-0.05, 0) is 42.0 Å². The van der Waals surface area contributed by atoms with Gasteiger partial charge in [-0.2, -0.15) is 0 Å². The van der Waals surface area contributed by atoms with Gasteiger partial charge in [0.15, 0.2) is 0 Å². The van der Waals surface area contributed by atoms with Gasteiger partial charge in [-0.1, -0.05) is 12.1 Å². The molecule has 0 aliphatic carbocycles. The van der Waals surface area contributed by atoms with Gasteiger partial charge in [-0.3, -0.25) is 4.98 Å². The Balaban J connectivity index is 1.83. The maximum atomic E-state index is 13.4. The topological polar surface area (TPSA) is 48.1 Å². The largest absolute Gasteiger partial charge is 0.488 e. The Labute approximate surface area is 122 Å². The summed E-state index contributed by atoms with van der Waals surface area (Å²) in [5.41, 5.74) is 7.78. The lowest BCUT2D eigenvalue weighted by Gasteiger charge is -2.10. The van der Waals surface area contributed by atoms with E-state index in [9.17, 15) is 4.39 Å². The highest BCUT2D eigenvalue weighted by atomic mass is 19.1. The lowest BCUT2D eigenvalue weighted by molar-refractivity contribution is 0.309. The van der Waals surface area contributed by atoms with Crippen molar-refractivity contribution in [2.75, 3.05) is 0 Å².